The summed E-state index contributed by atoms with van der Waals surface area (Å²) in [6.45, 7) is 3.75. The number of imide groups is 1. The van der Waals surface area contributed by atoms with Crippen LogP contribution in [-0.2, 0) is 13.0 Å². The molecule has 0 saturated carbocycles. The molecule has 37 heavy (non-hydrogen) atoms. The number of ketones is 1. The van der Waals surface area contributed by atoms with Gasteiger partial charge < -0.3 is 4.57 Å². The van der Waals surface area contributed by atoms with E-state index in [1.807, 2.05) is 19.9 Å². The number of hydrogen-bond acceptors (Lipinski definition) is 3. The first kappa shape index (κ1) is 24.6. The normalized spacial score (nSPS) is 12.8. The van der Waals surface area contributed by atoms with Crippen molar-refractivity contribution < 1.29 is 23.2 Å². The summed E-state index contributed by atoms with van der Waals surface area (Å²) in [4.78, 5) is 40.7. The van der Waals surface area contributed by atoms with Crippen molar-refractivity contribution in [2.45, 2.75) is 26.8 Å². The number of carbonyl (C=O) groups is 3. The van der Waals surface area contributed by atoms with Crippen molar-refractivity contribution in [3.05, 3.63) is 123 Å². The van der Waals surface area contributed by atoms with Crippen molar-refractivity contribution in [1.82, 2.24) is 9.47 Å². The van der Waals surface area contributed by atoms with Crippen LogP contribution in [0, 0.1) is 18.6 Å². The minimum Gasteiger partial charge on any atom is -0.315 e. The summed E-state index contributed by atoms with van der Waals surface area (Å²) in [5, 5.41) is 0.214. The van der Waals surface area contributed by atoms with Crippen molar-refractivity contribution in [2.75, 3.05) is 0 Å². The number of carbonyl (C=O) groups excluding carboxylic acids is 3. The van der Waals surface area contributed by atoms with Gasteiger partial charge in [-0.1, -0.05) is 36.7 Å². The summed E-state index contributed by atoms with van der Waals surface area (Å²) in [6.07, 6.45) is 0.646. The summed E-state index contributed by atoms with van der Waals surface area (Å²) < 4.78 is 30.8. The SMILES string of the molecule is CCc1cc(CN2C(=O)c3ccccc3C2=O)n(-c2ccc(Cl)cc2C(=O)c2c(F)cccc2F)c1C. The molecule has 186 valence electrons. The molecule has 3 aromatic carbocycles. The average molecular weight is 519 g/mol. The standard InChI is InChI=1S/C29H21ClF2N2O3/c1-3-17-13-19(15-33-28(36)20-7-4-5-8-21(20)29(33)37)34(16(17)2)25-12-11-18(30)14-22(25)27(35)26-23(31)9-6-10-24(26)32/h4-14H,3,15H2,1-2H3. The molecule has 0 unspecified atom stereocenters. The molecule has 0 radical (unpaired) electrons. The highest BCUT2D eigenvalue weighted by molar-refractivity contribution is 6.31. The highest BCUT2D eigenvalue weighted by Crippen LogP contribution is 2.31. The van der Waals surface area contributed by atoms with Gasteiger partial charge in [0.1, 0.15) is 11.6 Å². The van der Waals surface area contributed by atoms with E-state index in [0.717, 1.165) is 28.3 Å². The Kier molecular flexibility index (Phi) is 6.25. The lowest BCUT2D eigenvalue weighted by atomic mass is 10.00. The molecular formula is C29H21ClF2N2O3. The molecule has 2 heterocycles. The van der Waals surface area contributed by atoms with E-state index in [0.29, 0.717) is 28.9 Å². The third-order valence-corrected chi connectivity index (χ3v) is 6.88. The molecule has 0 saturated heterocycles. The van der Waals surface area contributed by atoms with E-state index in [1.54, 1.807) is 41.0 Å². The first-order chi connectivity index (χ1) is 17.7. The topological polar surface area (TPSA) is 59.4 Å². The van der Waals surface area contributed by atoms with Gasteiger partial charge in [-0.05, 0) is 67.4 Å². The molecule has 5 nitrogen and oxygen atoms in total. The highest BCUT2D eigenvalue weighted by Gasteiger charge is 2.36. The number of benzene rings is 3. The summed E-state index contributed by atoms with van der Waals surface area (Å²) in [7, 11) is 0. The molecule has 1 aromatic heterocycles. The number of nitrogens with zero attached hydrogens (tertiary/aromatic N) is 2. The predicted octanol–water partition coefficient (Wildman–Crippen LogP) is 6.31. The number of fused-ring (bicyclic) bond motifs is 1. The fourth-order valence-corrected chi connectivity index (χ4v) is 4.99. The molecular weight excluding hydrogens is 498 g/mol. The van der Waals surface area contributed by atoms with Crippen LogP contribution >= 0.6 is 11.6 Å². The van der Waals surface area contributed by atoms with Gasteiger partial charge >= 0.3 is 0 Å². The Morgan fingerprint density at radius 3 is 2.11 bits per heavy atom. The van der Waals surface area contributed by atoms with Gasteiger partial charge in [0.15, 0.2) is 0 Å². The van der Waals surface area contributed by atoms with Crippen LogP contribution < -0.4 is 0 Å². The summed E-state index contributed by atoms with van der Waals surface area (Å²) in [6, 6.07) is 16.2. The molecule has 1 aliphatic heterocycles. The Bertz CT molecular complexity index is 1550. The average Bonchev–Trinajstić information content (AvgIpc) is 3.32. The molecule has 2 amide bonds. The highest BCUT2D eigenvalue weighted by atomic mass is 35.5. The van der Waals surface area contributed by atoms with Crippen LogP contribution in [0.15, 0.2) is 66.7 Å². The Labute approximate surface area is 216 Å². The van der Waals surface area contributed by atoms with E-state index in [2.05, 4.69) is 0 Å². The number of hydrogen-bond donors (Lipinski definition) is 0. The second-order valence-electron chi connectivity index (χ2n) is 8.76. The second-order valence-corrected chi connectivity index (χ2v) is 9.20. The minimum absolute atomic E-state index is 0.0125. The zero-order chi connectivity index (χ0) is 26.4. The van der Waals surface area contributed by atoms with Gasteiger partial charge in [-0.3, -0.25) is 19.3 Å². The lowest BCUT2D eigenvalue weighted by molar-refractivity contribution is 0.0639. The fourth-order valence-electron chi connectivity index (χ4n) is 4.82. The maximum absolute atomic E-state index is 14.5. The van der Waals surface area contributed by atoms with Crippen molar-refractivity contribution in [3.63, 3.8) is 0 Å². The monoisotopic (exact) mass is 518 g/mol. The van der Waals surface area contributed by atoms with Crippen LogP contribution in [0.1, 0.15) is 60.5 Å². The second kappa shape index (κ2) is 9.41. The zero-order valence-electron chi connectivity index (χ0n) is 20.0. The molecule has 0 bridgehead atoms. The van der Waals surface area contributed by atoms with E-state index < -0.39 is 34.8 Å². The summed E-state index contributed by atoms with van der Waals surface area (Å²) >= 11 is 6.21. The number of amides is 2. The van der Waals surface area contributed by atoms with E-state index in [9.17, 15) is 23.2 Å². The van der Waals surface area contributed by atoms with Gasteiger partial charge in [0.2, 0.25) is 5.78 Å². The van der Waals surface area contributed by atoms with Gasteiger partial charge in [-0.25, -0.2) is 8.78 Å². The fraction of sp³-hybridized carbons (Fsp3) is 0.138. The largest absolute Gasteiger partial charge is 0.315 e. The smallest absolute Gasteiger partial charge is 0.261 e. The van der Waals surface area contributed by atoms with Gasteiger partial charge in [0, 0.05) is 22.0 Å². The Hall–Kier alpha value is -4.10. The van der Waals surface area contributed by atoms with Crippen LogP contribution in [0.5, 0.6) is 0 Å². The first-order valence-corrected chi connectivity index (χ1v) is 12.0. The lowest BCUT2D eigenvalue weighted by Crippen LogP contribution is -2.30. The van der Waals surface area contributed by atoms with Gasteiger partial charge in [0.25, 0.3) is 11.8 Å². The molecule has 8 heteroatoms. The number of rotatable bonds is 6. The third-order valence-electron chi connectivity index (χ3n) is 6.64. The molecule has 0 N–H and O–H groups in total. The van der Waals surface area contributed by atoms with Crippen LogP contribution in [0.3, 0.4) is 0 Å². The summed E-state index contributed by atoms with van der Waals surface area (Å²) in [5.41, 5.74) is 2.55. The maximum Gasteiger partial charge on any atom is 0.261 e. The molecule has 4 aromatic rings. The van der Waals surface area contributed by atoms with Gasteiger partial charge in [0.05, 0.1) is 28.9 Å². The third kappa shape index (κ3) is 4.05. The van der Waals surface area contributed by atoms with Crippen LogP contribution in [0.25, 0.3) is 5.69 Å². The van der Waals surface area contributed by atoms with Crippen LogP contribution in [0.2, 0.25) is 5.02 Å². The molecule has 0 spiro atoms. The maximum atomic E-state index is 14.5. The number of aryl methyl sites for hydroxylation is 1. The van der Waals surface area contributed by atoms with Crippen molar-refractivity contribution in [1.29, 1.82) is 0 Å². The van der Waals surface area contributed by atoms with E-state index >= 15 is 0 Å². The van der Waals surface area contributed by atoms with Crippen LogP contribution in [0.4, 0.5) is 8.78 Å². The minimum atomic E-state index is -0.986. The molecule has 5 rings (SSSR count). The van der Waals surface area contributed by atoms with Crippen molar-refractivity contribution in [3.8, 4) is 5.69 Å². The lowest BCUT2D eigenvalue weighted by Gasteiger charge is -2.20. The van der Waals surface area contributed by atoms with E-state index in [4.69, 9.17) is 11.6 Å². The quantitative estimate of drug-likeness (QED) is 0.222. The number of aromatic nitrogens is 1. The molecule has 0 aliphatic carbocycles. The molecule has 0 atom stereocenters. The molecule has 1 aliphatic rings. The van der Waals surface area contributed by atoms with Gasteiger partial charge in [-0.2, -0.15) is 0 Å². The zero-order valence-corrected chi connectivity index (χ0v) is 20.8. The Morgan fingerprint density at radius 1 is 0.892 bits per heavy atom. The predicted molar refractivity (Wildman–Crippen MR) is 135 cm³/mol. The first-order valence-electron chi connectivity index (χ1n) is 11.7. The Morgan fingerprint density at radius 2 is 1.51 bits per heavy atom. The Balaban J connectivity index is 1.65. The van der Waals surface area contributed by atoms with Gasteiger partial charge in [-0.15, -0.1) is 0 Å². The number of halogens is 3. The van der Waals surface area contributed by atoms with E-state index in [-0.39, 0.29) is 17.1 Å². The molecule has 0 fully saturated rings. The van der Waals surface area contributed by atoms with Crippen molar-refractivity contribution in [2.24, 2.45) is 0 Å². The summed E-state index contributed by atoms with van der Waals surface area (Å²) in [5.74, 6) is -3.66. The van der Waals surface area contributed by atoms with E-state index in [1.165, 1.54) is 12.1 Å². The van der Waals surface area contributed by atoms with Crippen molar-refractivity contribution >= 4 is 29.2 Å². The van der Waals surface area contributed by atoms with Crippen LogP contribution in [-0.4, -0.2) is 27.1 Å².